The van der Waals surface area contributed by atoms with Gasteiger partial charge in [0.05, 0.1) is 4.47 Å². The molecule has 0 saturated carbocycles. The monoisotopic (exact) mass is 315 g/mol. The number of carbonyl (C=O) groups is 1. The minimum Gasteiger partial charge on any atom is -0.398 e. The summed E-state index contributed by atoms with van der Waals surface area (Å²) in [6, 6.07) is 1.68. The molecule has 3 N–H and O–H groups in total. The third-order valence-electron chi connectivity index (χ3n) is 2.73. The number of hydrogen-bond donors (Lipinski definition) is 2. The van der Waals surface area contributed by atoms with Gasteiger partial charge < -0.3 is 15.6 Å². The van der Waals surface area contributed by atoms with E-state index in [2.05, 4.69) is 21.2 Å². The van der Waals surface area contributed by atoms with Crippen molar-refractivity contribution in [2.24, 2.45) is 0 Å². The molecule has 0 aliphatic carbocycles. The van der Waals surface area contributed by atoms with Crippen molar-refractivity contribution in [3.63, 3.8) is 0 Å². The lowest BCUT2D eigenvalue weighted by atomic mass is 10.2. The molecule has 0 aromatic carbocycles. The molecule has 0 fully saturated rings. The lowest BCUT2D eigenvalue weighted by Gasteiger charge is -2.15. The molecule has 0 radical (unpaired) electrons. The molecule has 0 saturated heterocycles. The Balaban J connectivity index is 2.79. The molecular weight excluding hydrogens is 298 g/mol. The van der Waals surface area contributed by atoms with Crippen LogP contribution in [0.1, 0.15) is 26.7 Å². The van der Waals surface area contributed by atoms with Crippen LogP contribution in [0.15, 0.2) is 21.5 Å². The topological polar surface area (TPSA) is 77.1 Å². The number of nitrogens with one attached hydrogen (secondary N) is 1. The average Bonchev–Trinajstić information content (AvgIpc) is 2.32. The van der Waals surface area contributed by atoms with E-state index in [0.29, 0.717) is 10.2 Å². The van der Waals surface area contributed by atoms with Gasteiger partial charge in [0, 0.05) is 17.9 Å². The Kier molecular flexibility index (Phi) is 5.40. The summed E-state index contributed by atoms with van der Waals surface area (Å²) in [7, 11) is 0. The van der Waals surface area contributed by atoms with Crippen molar-refractivity contribution in [1.29, 1.82) is 0 Å². The van der Waals surface area contributed by atoms with Crippen LogP contribution < -0.4 is 16.6 Å². The van der Waals surface area contributed by atoms with Crippen LogP contribution in [0.3, 0.4) is 0 Å². The molecule has 0 unspecified atom stereocenters. The minimum atomic E-state index is -0.260. The van der Waals surface area contributed by atoms with Crippen LogP contribution in [-0.4, -0.2) is 16.5 Å². The van der Waals surface area contributed by atoms with E-state index in [1.54, 1.807) is 0 Å². The van der Waals surface area contributed by atoms with E-state index >= 15 is 0 Å². The van der Waals surface area contributed by atoms with Crippen LogP contribution in [0.4, 0.5) is 5.69 Å². The second-order valence-corrected chi connectivity index (χ2v) is 4.99. The Morgan fingerprint density at radius 1 is 1.50 bits per heavy atom. The quantitative estimate of drug-likeness (QED) is 0.864. The first kappa shape index (κ1) is 14.8. The van der Waals surface area contributed by atoms with Gasteiger partial charge in [0.25, 0.3) is 5.56 Å². The maximum absolute atomic E-state index is 11.8. The maximum Gasteiger partial charge on any atom is 0.265 e. The number of halogens is 1. The lowest BCUT2D eigenvalue weighted by Crippen LogP contribution is -2.38. The predicted molar refractivity (Wildman–Crippen MR) is 75.3 cm³/mol. The van der Waals surface area contributed by atoms with Gasteiger partial charge in [-0.3, -0.25) is 9.59 Å². The Labute approximate surface area is 114 Å². The number of aromatic nitrogens is 1. The van der Waals surface area contributed by atoms with Gasteiger partial charge in [0.2, 0.25) is 5.91 Å². The van der Waals surface area contributed by atoms with Gasteiger partial charge in [-0.25, -0.2) is 0 Å². The third-order valence-corrected chi connectivity index (χ3v) is 3.30. The molecule has 0 bridgehead atoms. The van der Waals surface area contributed by atoms with E-state index in [1.807, 2.05) is 13.8 Å². The molecule has 1 amide bonds. The van der Waals surface area contributed by atoms with Crippen molar-refractivity contribution in [3.05, 3.63) is 27.1 Å². The Bertz CT molecular complexity index is 481. The van der Waals surface area contributed by atoms with Crippen LogP contribution in [0.5, 0.6) is 0 Å². The second kappa shape index (κ2) is 6.58. The summed E-state index contributed by atoms with van der Waals surface area (Å²) in [5, 5.41) is 2.88. The number of carbonyl (C=O) groups excluding carboxylic acids is 1. The van der Waals surface area contributed by atoms with Crippen molar-refractivity contribution in [3.8, 4) is 0 Å². The number of pyridine rings is 1. The zero-order chi connectivity index (χ0) is 13.7. The number of anilines is 1. The first-order valence-electron chi connectivity index (χ1n) is 5.92. The number of nitrogens with two attached hydrogens (primary N) is 1. The summed E-state index contributed by atoms with van der Waals surface area (Å²) in [5.74, 6) is -0.177. The van der Waals surface area contributed by atoms with E-state index in [0.717, 1.165) is 12.8 Å². The molecule has 5 nitrogen and oxygen atoms in total. The zero-order valence-electron chi connectivity index (χ0n) is 10.6. The standard InChI is InChI=1S/C12H18BrN3O2/c1-3-9(4-2)15-11(17)7-16-6-8(14)5-10(13)12(16)18/h5-6,9H,3-4,7,14H2,1-2H3,(H,15,17). The first-order valence-corrected chi connectivity index (χ1v) is 6.72. The highest BCUT2D eigenvalue weighted by Crippen LogP contribution is 2.08. The predicted octanol–water partition coefficient (Wildman–Crippen LogP) is 1.50. The van der Waals surface area contributed by atoms with Crippen molar-refractivity contribution >= 4 is 27.5 Å². The van der Waals surface area contributed by atoms with Crippen LogP contribution in [0.25, 0.3) is 0 Å². The van der Waals surface area contributed by atoms with Crippen molar-refractivity contribution in [2.75, 3.05) is 5.73 Å². The number of rotatable bonds is 5. The van der Waals surface area contributed by atoms with Gasteiger partial charge in [0.15, 0.2) is 0 Å². The lowest BCUT2D eigenvalue weighted by molar-refractivity contribution is -0.122. The summed E-state index contributed by atoms with van der Waals surface area (Å²) in [5.41, 5.74) is 5.82. The van der Waals surface area contributed by atoms with Crippen LogP contribution in [-0.2, 0) is 11.3 Å². The SMILES string of the molecule is CCC(CC)NC(=O)Cn1cc(N)cc(Br)c1=O. The summed E-state index contributed by atoms with van der Waals surface area (Å²) in [6.07, 6.45) is 3.22. The van der Waals surface area contributed by atoms with Crippen LogP contribution >= 0.6 is 15.9 Å². The second-order valence-electron chi connectivity index (χ2n) is 4.14. The highest BCUT2D eigenvalue weighted by molar-refractivity contribution is 9.10. The molecule has 18 heavy (non-hydrogen) atoms. The molecule has 1 heterocycles. The molecule has 0 aliphatic rings. The summed E-state index contributed by atoms with van der Waals surface area (Å²) < 4.78 is 1.66. The van der Waals surface area contributed by atoms with Crippen molar-refractivity contribution in [2.45, 2.75) is 39.3 Å². The van der Waals surface area contributed by atoms with E-state index in [4.69, 9.17) is 5.73 Å². The fourth-order valence-electron chi connectivity index (χ4n) is 1.66. The van der Waals surface area contributed by atoms with Gasteiger partial charge in [-0.15, -0.1) is 0 Å². The highest BCUT2D eigenvalue weighted by Gasteiger charge is 2.11. The number of hydrogen-bond acceptors (Lipinski definition) is 3. The van der Waals surface area contributed by atoms with E-state index in [9.17, 15) is 9.59 Å². The molecule has 0 atom stereocenters. The fourth-order valence-corrected chi connectivity index (χ4v) is 2.15. The smallest absolute Gasteiger partial charge is 0.265 e. The molecule has 6 heteroatoms. The Morgan fingerprint density at radius 2 is 2.11 bits per heavy atom. The van der Waals surface area contributed by atoms with Gasteiger partial charge in [0.1, 0.15) is 6.54 Å². The summed E-state index contributed by atoms with van der Waals surface area (Å²) in [4.78, 5) is 23.6. The van der Waals surface area contributed by atoms with Gasteiger partial charge in [-0.05, 0) is 34.8 Å². The molecule has 0 aliphatic heterocycles. The van der Waals surface area contributed by atoms with E-state index in [-0.39, 0.29) is 24.1 Å². The average molecular weight is 316 g/mol. The molecule has 0 spiro atoms. The van der Waals surface area contributed by atoms with E-state index in [1.165, 1.54) is 16.8 Å². The maximum atomic E-state index is 11.8. The minimum absolute atomic E-state index is 0.0149. The molecular formula is C12H18BrN3O2. The molecule has 1 rings (SSSR count). The third kappa shape index (κ3) is 3.87. The number of nitrogens with zero attached hydrogens (tertiary/aromatic N) is 1. The number of amides is 1. The van der Waals surface area contributed by atoms with Crippen molar-refractivity contribution in [1.82, 2.24) is 9.88 Å². The van der Waals surface area contributed by atoms with Crippen LogP contribution in [0, 0.1) is 0 Å². The number of nitrogen functional groups attached to an aromatic ring is 1. The highest BCUT2D eigenvalue weighted by atomic mass is 79.9. The Morgan fingerprint density at radius 3 is 2.67 bits per heavy atom. The summed E-state index contributed by atoms with van der Waals surface area (Å²) >= 11 is 3.12. The van der Waals surface area contributed by atoms with Gasteiger partial charge in [-0.2, -0.15) is 0 Å². The summed E-state index contributed by atoms with van der Waals surface area (Å²) in [6.45, 7) is 4.01. The Hall–Kier alpha value is -1.30. The molecule has 1 aromatic heterocycles. The molecule has 1 aromatic rings. The zero-order valence-corrected chi connectivity index (χ0v) is 12.2. The fraction of sp³-hybridized carbons (Fsp3) is 0.500. The van der Waals surface area contributed by atoms with Crippen molar-refractivity contribution < 1.29 is 4.79 Å². The first-order chi connectivity index (χ1) is 8.47. The largest absolute Gasteiger partial charge is 0.398 e. The van der Waals surface area contributed by atoms with Gasteiger partial charge in [-0.1, -0.05) is 13.8 Å². The molecule has 100 valence electrons. The van der Waals surface area contributed by atoms with Crippen LogP contribution in [0.2, 0.25) is 0 Å². The van der Waals surface area contributed by atoms with Gasteiger partial charge >= 0.3 is 0 Å². The van der Waals surface area contributed by atoms with E-state index < -0.39 is 0 Å². The normalized spacial score (nSPS) is 10.7.